The standard InChI is InChI=1S/C35H90O22Si10/c1-23-28-64(45-11,46-12)57-67(50-16,55-60(21,38-4)39-5)56-62(41-7,29-27-34-25-24-26-35(32-34)66(48-14,49-15)54-59(20,36-2)37-3)33-51-65(47-13,31-30-63(42-8,43-9)44-10)53-61(22,40-6)52-58(17,18)19/h34-35H,23-33H2,1-22H3. The molecule has 32 heteroatoms. The molecule has 0 radical (unpaired) electrons. The summed E-state index contributed by atoms with van der Waals surface area (Å²) in [6, 6.07) is 1.23. The molecule has 0 saturated heterocycles. The van der Waals surface area contributed by atoms with Crippen molar-refractivity contribution >= 4 is 87.6 Å². The van der Waals surface area contributed by atoms with Gasteiger partial charge in [-0.2, -0.15) is 0 Å². The Kier molecular flexibility index (Phi) is 29.1. The molecule has 0 spiro atoms. The van der Waals surface area contributed by atoms with Crippen LogP contribution in [0.25, 0.3) is 0 Å². The predicted molar refractivity (Wildman–Crippen MR) is 270 cm³/mol. The smallest absolute Gasteiger partial charge is 0.416 e. The summed E-state index contributed by atoms with van der Waals surface area (Å²) in [5.41, 5.74) is -0.0516. The Morgan fingerprint density at radius 3 is 1.31 bits per heavy atom. The van der Waals surface area contributed by atoms with Crippen LogP contribution in [0, 0.1) is 5.92 Å². The third kappa shape index (κ3) is 19.2. The second-order valence-corrected chi connectivity index (χ2v) is 49.2. The zero-order valence-electron chi connectivity index (χ0n) is 44.9. The summed E-state index contributed by atoms with van der Waals surface area (Å²) >= 11 is 0. The highest BCUT2D eigenvalue weighted by molar-refractivity contribution is 6.85. The Bertz CT molecular complexity index is 1360. The van der Waals surface area contributed by atoms with Gasteiger partial charge in [0, 0.05) is 150 Å². The van der Waals surface area contributed by atoms with Gasteiger partial charge >= 0.3 is 79.2 Å². The highest BCUT2D eigenvalue weighted by Crippen LogP contribution is 2.45. The van der Waals surface area contributed by atoms with Crippen molar-refractivity contribution in [2.24, 2.45) is 5.92 Å². The number of hydrogen-bond donors (Lipinski definition) is 0. The van der Waals surface area contributed by atoms with Crippen LogP contribution in [0.4, 0.5) is 0 Å². The summed E-state index contributed by atoms with van der Waals surface area (Å²) in [5, 5.41) is 0. The van der Waals surface area contributed by atoms with Gasteiger partial charge in [0.15, 0.2) is 8.32 Å². The largest absolute Gasteiger partial charge is 0.655 e. The SMILES string of the molecule is CCC[Si](OC)(OC)O[Si](OC)(O[Si](CCC1CCCC([Si](OC)(OC)O[Si](C)(OC)OC)C1)(CO[Si](CC[Si](OC)(OC)OC)(OC)O[Si](C)(OC)O[Si](C)(C)C)OC)O[Si](C)(OC)OC. The Balaban J connectivity index is 4.19. The second kappa shape index (κ2) is 29.4. The van der Waals surface area contributed by atoms with Gasteiger partial charge in [0.2, 0.25) is 0 Å². The molecular weight excluding hydrogens is 1050 g/mol. The van der Waals surface area contributed by atoms with Gasteiger partial charge in [-0.3, -0.25) is 0 Å². The van der Waals surface area contributed by atoms with Crippen LogP contribution in [0.1, 0.15) is 45.4 Å². The van der Waals surface area contributed by atoms with E-state index in [0.29, 0.717) is 24.9 Å². The van der Waals surface area contributed by atoms with Crippen molar-refractivity contribution in [2.45, 2.75) is 114 Å². The van der Waals surface area contributed by atoms with Crippen molar-refractivity contribution < 1.29 is 95.5 Å². The van der Waals surface area contributed by atoms with Crippen molar-refractivity contribution in [2.75, 3.05) is 113 Å². The molecule has 402 valence electrons. The summed E-state index contributed by atoms with van der Waals surface area (Å²) < 4.78 is 139. The fraction of sp³-hybridized carbons (Fsp3) is 1.00. The van der Waals surface area contributed by atoms with E-state index in [-0.39, 0.29) is 29.8 Å². The molecule has 1 aliphatic rings. The molecule has 1 rings (SSSR count). The minimum Gasteiger partial charge on any atom is -0.416 e. The van der Waals surface area contributed by atoms with E-state index in [1.807, 2.05) is 20.0 Å². The third-order valence-corrected chi connectivity index (χ3v) is 45.7. The first kappa shape index (κ1) is 66.3. The van der Waals surface area contributed by atoms with Crippen molar-refractivity contribution in [3.05, 3.63) is 0 Å². The first-order valence-corrected chi connectivity index (χ1v) is 44.0. The van der Waals surface area contributed by atoms with E-state index in [9.17, 15) is 0 Å². The van der Waals surface area contributed by atoms with Crippen molar-refractivity contribution in [1.82, 2.24) is 0 Å². The summed E-state index contributed by atoms with van der Waals surface area (Å²) in [6.45, 7) is 13.6. The summed E-state index contributed by atoms with van der Waals surface area (Å²) in [7, 11) is -11.5. The lowest BCUT2D eigenvalue weighted by Crippen LogP contribution is -2.69. The zero-order chi connectivity index (χ0) is 51.5. The molecule has 0 aliphatic heterocycles. The van der Waals surface area contributed by atoms with Crippen LogP contribution in [0.2, 0.25) is 69.0 Å². The molecule has 0 bridgehead atoms. The average molecular weight is 1140 g/mol. The summed E-state index contributed by atoms with van der Waals surface area (Å²) in [5.74, 6) is 0.138. The van der Waals surface area contributed by atoms with Crippen LogP contribution < -0.4 is 0 Å². The Morgan fingerprint density at radius 1 is 0.403 bits per heavy atom. The maximum atomic E-state index is 7.36. The Morgan fingerprint density at radius 2 is 0.896 bits per heavy atom. The van der Waals surface area contributed by atoms with Gasteiger partial charge in [0.1, 0.15) is 0 Å². The molecule has 1 aliphatic carbocycles. The Hall–Kier alpha value is 1.29. The molecule has 6 atom stereocenters. The molecule has 0 amide bonds. The first-order valence-electron chi connectivity index (χ1n) is 22.4. The van der Waals surface area contributed by atoms with Gasteiger partial charge < -0.3 is 95.5 Å². The van der Waals surface area contributed by atoms with E-state index < -0.39 is 87.6 Å². The van der Waals surface area contributed by atoms with E-state index in [4.69, 9.17) is 95.5 Å². The molecule has 0 heterocycles. The molecule has 0 aromatic heterocycles. The fourth-order valence-electron chi connectivity index (χ4n) is 7.77. The van der Waals surface area contributed by atoms with Crippen LogP contribution >= 0.6 is 0 Å². The Labute approximate surface area is 414 Å². The van der Waals surface area contributed by atoms with Crippen molar-refractivity contribution in [3.8, 4) is 0 Å². The van der Waals surface area contributed by atoms with Crippen molar-refractivity contribution in [1.29, 1.82) is 0 Å². The molecule has 6 unspecified atom stereocenters. The van der Waals surface area contributed by atoms with Crippen molar-refractivity contribution in [3.63, 3.8) is 0 Å². The van der Waals surface area contributed by atoms with Crippen LogP contribution in [0.15, 0.2) is 0 Å². The predicted octanol–water partition coefficient (Wildman–Crippen LogP) is 5.87. The lowest BCUT2D eigenvalue weighted by Gasteiger charge is -2.44. The van der Waals surface area contributed by atoms with Gasteiger partial charge in [0.25, 0.3) is 0 Å². The minimum absolute atomic E-state index is 0.0516. The molecule has 0 aromatic carbocycles. The van der Waals surface area contributed by atoms with E-state index in [1.165, 1.54) is 35.5 Å². The molecule has 67 heavy (non-hydrogen) atoms. The fourth-order valence-corrected chi connectivity index (χ4v) is 41.9. The summed E-state index contributed by atoms with van der Waals surface area (Å²) in [6.07, 6.45) is 4.49. The van der Waals surface area contributed by atoms with Crippen LogP contribution in [0.3, 0.4) is 0 Å². The molecule has 0 N–H and O–H groups in total. The maximum Gasteiger partial charge on any atom is 0.655 e. The lowest BCUT2D eigenvalue weighted by atomic mass is 9.87. The molecule has 0 aromatic rings. The lowest BCUT2D eigenvalue weighted by molar-refractivity contribution is 0.0157. The van der Waals surface area contributed by atoms with Gasteiger partial charge in [-0.05, 0) is 50.9 Å². The highest BCUT2D eigenvalue weighted by Gasteiger charge is 2.65. The minimum atomic E-state index is -4.50. The van der Waals surface area contributed by atoms with Crippen LogP contribution in [-0.2, 0) is 95.5 Å². The normalized spacial score (nSPS) is 20.9. The van der Waals surface area contributed by atoms with E-state index in [1.54, 1.807) is 77.6 Å². The zero-order valence-corrected chi connectivity index (χ0v) is 54.9. The molecule has 22 nitrogen and oxygen atoms in total. The topological polar surface area (TPSA) is 203 Å². The van der Waals surface area contributed by atoms with Gasteiger partial charge in [0.05, 0.1) is 6.23 Å². The van der Waals surface area contributed by atoms with Gasteiger partial charge in [-0.15, -0.1) is 0 Å². The number of rotatable bonds is 39. The van der Waals surface area contributed by atoms with E-state index in [0.717, 1.165) is 25.7 Å². The van der Waals surface area contributed by atoms with E-state index >= 15 is 0 Å². The summed E-state index contributed by atoms with van der Waals surface area (Å²) in [4.78, 5) is 0. The average Bonchev–Trinajstić information content (AvgIpc) is 3.33. The highest BCUT2D eigenvalue weighted by atomic mass is 28.5. The molecule has 1 fully saturated rings. The quantitative estimate of drug-likeness (QED) is 0.0661. The van der Waals surface area contributed by atoms with Gasteiger partial charge in [-0.25, -0.2) is 0 Å². The van der Waals surface area contributed by atoms with E-state index in [2.05, 4.69) is 19.6 Å². The van der Waals surface area contributed by atoms with Crippen LogP contribution in [0.5, 0.6) is 0 Å². The van der Waals surface area contributed by atoms with Crippen LogP contribution in [-0.4, -0.2) is 200 Å². The second-order valence-electron chi connectivity index (χ2n) is 17.2. The third-order valence-electron chi connectivity index (χ3n) is 12.0. The molecular formula is C35H90O22Si10. The number of hydrogen-bond acceptors (Lipinski definition) is 22. The molecule has 1 saturated carbocycles. The van der Waals surface area contributed by atoms with Gasteiger partial charge in [-0.1, -0.05) is 26.2 Å². The maximum absolute atomic E-state index is 7.36. The first-order chi connectivity index (χ1) is 31.3. The monoisotopic (exact) mass is 1140 g/mol.